The molecule has 1 N–H and O–H groups in total. The van der Waals surface area contributed by atoms with E-state index >= 15 is 0 Å². The Morgan fingerprint density at radius 1 is 1.30 bits per heavy atom. The molecule has 23 heavy (non-hydrogen) atoms. The van der Waals surface area contributed by atoms with Crippen molar-refractivity contribution < 1.29 is 4.79 Å². The summed E-state index contributed by atoms with van der Waals surface area (Å²) < 4.78 is 0. The van der Waals surface area contributed by atoms with E-state index in [0.29, 0.717) is 18.3 Å². The van der Waals surface area contributed by atoms with Gasteiger partial charge in [0.2, 0.25) is 5.91 Å². The molecule has 1 atom stereocenters. The lowest BCUT2D eigenvalue weighted by atomic mass is 9.97. The standard InChI is InChI=1S/C20H32N2O/c1-4-6-20(23)21-13-18-7-5-12-22(15-18)14-17-8-10-19(11-9-17)16(2)3/h8-11,16,18H,4-7,12-15H2,1-3H3,(H,21,23)/t18-/m0/s1. The highest BCUT2D eigenvalue weighted by molar-refractivity contribution is 5.75. The van der Waals surface area contributed by atoms with Gasteiger partial charge in [-0.1, -0.05) is 45.0 Å². The lowest BCUT2D eigenvalue weighted by Crippen LogP contribution is -2.40. The molecule has 1 saturated heterocycles. The molecule has 0 unspecified atom stereocenters. The fourth-order valence-electron chi connectivity index (χ4n) is 3.30. The number of carbonyl (C=O) groups is 1. The van der Waals surface area contributed by atoms with E-state index in [2.05, 4.69) is 48.3 Å². The van der Waals surface area contributed by atoms with Gasteiger partial charge in [-0.2, -0.15) is 0 Å². The number of hydrogen-bond acceptors (Lipinski definition) is 2. The molecule has 0 saturated carbocycles. The van der Waals surface area contributed by atoms with Crippen molar-refractivity contribution in [3.8, 4) is 0 Å². The van der Waals surface area contributed by atoms with Gasteiger partial charge in [0.05, 0.1) is 0 Å². The van der Waals surface area contributed by atoms with E-state index in [0.717, 1.165) is 26.1 Å². The van der Waals surface area contributed by atoms with Crippen molar-refractivity contribution in [2.24, 2.45) is 5.92 Å². The zero-order valence-corrected chi connectivity index (χ0v) is 15.0. The van der Waals surface area contributed by atoms with E-state index in [4.69, 9.17) is 0 Å². The number of nitrogens with zero attached hydrogens (tertiary/aromatic N) is 1. The van der Waals surface area contributed by atoms with Gasteiger partial charge in [-0.15, -0.1) is 0 Å². The summed E-state index contributed by atoms with van der Waals surface area (Å²) in [4.78, 5) is 14.2. The van der Waals surface area contributed by atoms with E-state index < -0.39 is 0 Å². The van der Waals surface area contributed by atoms with Gasteiger partial charge in [-0.05, 0) is 48.8 Å². The summed E-state index contributed by atoms with van der Waals surface area (Å²) in [6.45, 7) is 10.6. The lowest BCUT2D eigenvalue weighted by molar-refractivity contribution is -0.121. The highest BCUT2D eigenvalue weighted by Crippen LogP contribution is 2.20. The molecular weight excluding hydrogens is 284 g/mol. The van der Waals surface area contributed by atoms with Gasteiger partial charge in [0, 0.05) is 26.1 Å². The summed E-state index contributed by atoms with van der Waals surface area (Å²) in [7, 11) is 0. The molecule has 0 spiro atoms. The van der Waals surface area contributed by atoms with Gasteiger partial charge in [0.15, 0.2) is 0 Å². The summed E-state index contributed by atoms with van der Waals surface area (Å²) in [5.41, 5.74) is 2.80. The summed E-state index contributed by atoms with van der Waals surface area (Å²) in [6, 6.07) is 9.04. The fourth-order valence-corrected chi connectivity index (χ4v) is 3.30. The molecule has 1 aromatic rings. The Morgan fingerprint density at radius 2 is 2.04 bits per heavy atom. The van der Waals surface area contributed by atoms with E-state index in [1.165, 1.54) is 30.5 Å². The van der Waals surface area contributed by atoms with Crippen LogP contribution < -0.4 is 5.32 Å². The van der Waals surface area contributed by atoms with Crippen LogP contribution in [0.2, 0.25) is 0 Å². The largest absolute Gasteiger partial charge is 0.356 e. The maximum absolute atomic E-state index is 11.6. The third-order valence-corrected chi connectivity index (χ3v) is 4.72. The van der Waals surface area contributed by atoms with Crippen LogP contribution in [-0.4, -0.2) is 30.4 Å². The molecule has 0 radical (unpaired) electrons. The number of hydrogen-bond donors (Lipinski definition) is 1. The van der Waals surface area contributed by atoms with Crippen LogP contribution in [0.4, 0.5) is 0 Å². The highest BCUT2D eigenvalue weighted by Gasteiger charge is 2.20. The van der Waals surface area contributed by atoms with Gasteiger partial charge in [0.25, 0.3) is 0 Å². The number of likely N-dealkylation sites (tertiary alicyclic amines) is 1. The number of amides is 1. The molecule has 1 aliphatic rings. The molecule has 2 rings (SSSR count). The average Bonchev–Trinajstić information content (AvgIpc) is 2.54. The van der Waals surface area contributed by atoms with Crippen molar-refractivity contribution >= 4 is 5.91 Å². The molecule has 1 heterocycles. The lowest BCUT2D eigenvalue weighted by Gasteiger charge is -2.33. The third kappa shape index (κ3) is 5.98. The summed E-state index contributed by atoms with van der Waals surface area (Å²) >= 11 is 0. The van der Waals surface area contributed by atoms with E-state index in [1.54, 1.807) is 0 Å². The van der Waals surface area contributed by atoms with Gasteiger partial charge in [-0.3, -0.25) is 9.69 Å². The molecule has 3 nitrogen and oxygen atoms in total. The first-order valence-corrected chi connectivity index (χ1v) is 9.16. The van der Waals surface area contributed by atoms with Crippen LogP contribution in [0.3, 0.4) is 0 Å². The van der Waals surface area contributed by atoms with Crippen LogP contribution in [0.5, 0.6) is 0 Å². The van der Waals surface area contributed by atoms with Crippen molar-refractivity contribution in [1.29, 1.82) is 0 Å². The highest BCUT2D eigenvalue weighted by atomic mass is 16.1. The SMILES string of the molecule is CCCC(=O)NC[C@@H]1CCCN(Cc2ccc(C(C)C)cc2)C1. The van der Waals surface area contributed by atoms with Gasteiger partial charge < -0.3 is 5.32 Å². The van der Waals surface area contributed by atoms with Crippen LogP contribution in [0, 0.1) is 5.92 Å². The van der Waals surface area contributed by atoms with Gasteiger partial charge in [0.1, 0.15) is 0 Å². The number of piperidine rings is 1. The smallest absolute Gasteiger partial charge is 0.219 e. The first kappa shape index (κ1) is 18.0. The molecule has 0 aliphatic carbocycles. The van der Waals surface area contributed by atoms with Crippen LogP contribution in [0.15, 0.2) is 24.3 Å². The quantitative estimate of drug-likeness (QED) is 0.826. The van der Waals surface area contributed by atoms with E-state index in [-0.39, 0.29) is 5.91 Å². The maximum Gasteiger partial charge on any atom is 0.219 e. The number of benzene rings is 1. The first-order valence-electron chi connectivity index (χ1n) is 9.16. The average molecular weight is 316 g/mol. The molecular formula is C20H32N2O. The first-order chi connectivity index (χ1) is 11.1. The molecule has 3 heteroatoms. The number of carbonyl (C=O) groups excluding carboxylic acids is 1. The van der Waals surface area contributed by atoms with Crippen molar-refractivity contribution in [1.82, 2.24) is 10.2 Å². The molecule has 0 aromatic heterocycles. The number of nitrogens with one attached hydrogen (secondary N) is 1. The van der Waals surface area contributed by atoms with Crippen molar-refractivity contribution in [3.05, 3.63) is 35.4 Å². The Bertz CT molecular complexity index is 481. The molecule has 0 bridgehead atoms. The summed E-state index contributed by atoms with van der Waals surface area (Å²) in [5, 5.41) is 3.09. The van der Waals surface area contributed by atoms with E-state index in [1.807, 2.05) is 6.92 Å². The zero-order valence-electron chi connectivity index (χ0n) is 15.0. The topological polar surface area (TPSA) is 32.3 Å². The normalized spacial score (nSPS) is 19.0. The van der Waals surface area contributed by atoms with Gasteiger partial charge in [-0.25, -0.2) is 0 Å². The Kier molecular flexibility index (Phi) is 7.10. The monoisotopic (exact) mass is 316 g/mol. The molecule has 1 amide bonds. The maximum atomic E-state index is 11.6. The molecule has 1 fully saturated rings. The van der Waals surface area contributed by atoms with Crippen LogP contribution >= 0.6 is 0 Å². The second kappa shape index (κ2) is 9.07. The zero-order chi connectivity index (χ0) is 16.7. The van der Waals surface area contributed by atoms with Gasteiger partial charge >= 0.3 is 0 Å². The molecule has 1 aromatic carbocycles. The number of rotatable bonds is 7. The predicted molar refractivity (Wildman–Crippen MR) is 96.4 cm³/mol. The van der Waals surface area contributed by atoms with Crippen molar-refractivity contribution in [3.63, 3.8) is 0 Å². The van der Waals surface area contributed by atoms with Crippen molar-refractivity contribution in [2.75, 3.05) is 19.6 Å². The Labute approximate surface area is 141 Å². The summed E-state index contributed by atoms with van der Waals surface area (Å²) in [5.74, 6) is 1.39. The van der Waals surface area contributed by atoms with Crippen LogP contribution in [0.1, 0.15) is 63.5 Å². The Morgan fingerprint density at radius 3 is 2.70 bits per heavy atom. The predicted octanol–water partition coefficient (Wildman–Crippen LogP) is 3.94. The van der Waals surface area contributed by atoms with Crippen molar-refractivity contribution in [2.45, 2.75) is 58.9 Å². The Balaban J connectivity index is 1.80. The minimum absolute atomic E-state index is 0.203. The molecule has 1 aliphatic heterocycles. The second-order valence-electron chi connectivity index (χ2n) is 7.19. The van der Waals surface area contributed by atoms with E-state index in [9.17, 15) is 4.79 Å². The minimum atomic E-state index is 0.203. The Hall–Kier alpha value is -1.35. The summed E-state index contributed by atoms with van der Waals surface area (Å²) in [6.07, 6.45) is 4.04. The minimum Gasteiger partial charge on any atom is -0.356 e. The van der Waals surface area contributed by atoms with Crippen LogP contribution in [0.25, 0.3) is 0 Å². The third-order valence-electron chi connectivity index (χ3n) is 4.72. The molecule has 128 valence electrons. The second-order valence-corrected chi connectivity index (χ2v) is 7.19. The van der Waals surface area contributed by atoms with Crippen LogP contribution in [-0.2, 0) is 11.3 Å². The fraction of sp³-hybridized carbons (Fsp3) is 0.650.